The number of aliphatic hydroxyl groups excluding tert-OH is 9. The lowest BCUT2D eigenvalue weighted by atomic mass is 9.83. The highest BCUT2D eigenvalue weighted by atomic mass is 16.7. The molecule has 73 heavy (non-hydrogen) atoms. The zero-order chi connectivity index (χ0) is 55.2. The fourth-order valence-corrected chi connectivity index (χ4v) is 9.67. The summed E-state index contributed by atoms with van der Waals surface area (Å²) >= 11 is 0. The van der Waals surface area contributed by atoms with Crippen LogP contribution in [-0.4, -0.2) is 166 Å². The number of aliphatic imine (C=N–C) groups is 1. The highest BCUT2D eigenvalue weighted by Gasteiger charge is 2.50. The van der Waals surface area contributed by atoms with Gasteiger partial charge in [-0.3, -0.25) is 14.6 Å². The maximum Gasteiger partial charge on any atom is 0.330 e. The number of hydrogen-bond acceptors (Lipinski definition) is 17. The Morgan fingerprint density at radius 3 is 2.07 bits per heavy atom. The van der Waals surface area contributed by atoms with Crippen LogP contribution in [0.5, 0.6) is 0 Å². The number of carbonyl (C=O) groups excluding carboxylic acids is 2. The first-order chi connectivity index (χ1) is 34.1. The predicted molar refractivity (Wildman–Crippen MR) is 273 cm³/mol. The third-order valence-corrected chi connectivity index (χ3v) is 14.7. The maximum atomic E-state index is 13.5. The number of guanidine groups is 1. The lowest BCUT2D eigenvalue weighted by Crippen LogP contribution is -2.60. The molecular formula is C53H93N3O17. The summed E-state index contributed by atoms with van der Waals surface area (Å²) in [5.74, 6) is -8.90. The first-order valence-corrected chi connectivity index (χ1v) is 26.3. The minimum absolute atomic E-state index is 0.0758. The van der Waals surface area contributed by atoms with E-state index in [0.29, 0.717) is 13.0 Å². The molecule has 20 nitrogen and oxygen atoms in total. The van der Waals surface area contributed by atoms with Crippen molar-refractivity contribution in [2.45, 2.75) is 224 Å². The summed E-state index contributed by atoms with van der Waals surface area (Å²) in [6.07, 6.45) is -2.69. The summed E-state index contributed by atoms with van der Waals surface area (Å²) < 4.78 is 17.4. The van der Waals surface area contributed by atoms with Crippen molar-refractivity contribution >= 4 is 23.9 Å². The van der Waals surface area contributed by atoms with Gasteiger partial charge < -0.3 is 81.8 Å². The van der Waals surface area contributed by atoms with Crippen LogP contribution in [0.4, 0.5) is 0 Å². The average molecular weight is 1040 g/mol. The van der Waals surface area contributed by atoms with Crippen LogP contribution in [0.3, 0.4) is 0 Å². The van der Waals surface area contributed by atoms with E-state index in [-0.39, 0.29) is 62.7 Å². The number of aliphatic carboxylic acids is 1. The van der Waals surface area contributed by atoms with Gasteiger partial charge in [-0.25, -0.2) is 4.79 Å². The lowest BCUT2D eigenvalue weighted by molar-refractivity contribution is -0.333. The number of nitrogens with zero attached hydrogens (tertiary/aromatic N) is 1. The summed E-state index contributed by atoms with van der Waals surface area (Å²) in [6.45, 7) is 13.0. The van der Waals surface area contributed by atoms with Crippen LogP contribution in [0.1, 0.15) is 145 Å². The van der Waals surface area contributed by atoms with Gasteiger partial charge in [-0.15, -0.1) is 0 Å². The van der Waals surface area contributed by atoms with Crippen LogP contribution >= 0.6 is 0 Å². The standard InChI is InChI=1S/C53H93N3O17/c1-30(14-12-10-8-9-11-13-21-56-52(54)55)22-34(5)50-33(4)16-19-41(59)35(6)43(61)24-37(57)23-38(71-49(68)28-47(65)66)25-39-26-45(63)51(69)53(70,73-39)29-46(64)32(3)15-18-40(58)36(7)44(62)27-42(60)31(2)17-20-48(67)72-50/h8-9,16-17,19-20,30-46,50-51,57-64,69-70H,10-15,18,21-29H2,1-7H3,(H,65,66)(H4,54,55,56)/b9-8+,19-16?,20-17?. The van der Waals surface area contributed by atoms with Crippen molar-refractivity contribution in [3.63, 3.8) is 0 Å². The number of carboxylic acids is 1. The molecule has 2 bridgehead atoms. The van der Waals surface area contributed by atoms with Crippen LogP contribution in [0.15, 0.2) is 41.4 Å². The van der Waals surface area contributed by atoms with Gasteiger partial charge in [0, 0.05) is 68.4 Å². The van der Waals surface area contributed by atoms with E-state index in [9.17, 15) is 70.6 Å². The molecule has 2 aliphatic heterocycles. The lowest BCUT2D eigenvalue weighted by Gasteiger charge is -2.45. The summed E-state index contributed by atoms with van der Waals surface area (Å²) in [4.78, 5) is 41.4. The maximum absolute atomic E-state index is 13.5. The molecule has 15 N–H and O–H groups in total. The van der Waals surface area contributed by atoms with Crippen LogP contribution in [0.2, 0.25) is 0 Å². The Kier molecular flexibility index (Phi) is 29.5. The Hall–Kier alpha value is -3.54. The van der Waals surface area contributed by atoms with E-state index in [4.69, 9.17) is 25.7 Å². The second kappa shape index (κ2) is 32.8. The van der Waals surface area contributed by atoms with Gasteiger partial charge >= 0.3 is 17.9 Å². The fourth-order valence-electron chi connectivity index (χ4n) is 9.67. The topological polar surface area (TPSA) is 366 Å². The molecular weight excluding hydrogens is 951 g/mol. The van der Waals surface area contributed by atoms with Gasteiger partial charge in [0.05, 0.1) is 54.9 Å². The summed E-state index contributed by atoms with van der Waals surface area (Å²) in [5.41, 5.74) is 10.8. The summed E-state index contributed by atoms with van der Waals surface area (Å²) in [7, 11) is 0. The van der Waals surface area contributed by atoms with E-state index in [1.165, 1.54) is 18.2 Å². The van der Waals surface area contributed by atoms with Gasteiger partial charge in [0.25, 0.3) is 0 Å². The van der Waals surface area contributed by atoms with Crippen molar-refractivity contribution in [3.8, 4) is 0 Å². The van der Waals surface area contributed by atoms with Crippen LogP contribution in [0.25, 0.3) is 0 Å². The number of fused-ring (bicyclic) bond motifs is 2. The molecule has 0 spiro atoms. The minimum atomic E-state index is -2.52. The number of nitrogens with two attached hydrogens (primary N) is 2. The zero-order valence-electron chi connectivity index (χ0n) is 44.2. The molecule has 0 aliphatic carbocycles. The highest BCUT2D eigenvalue weighted by Crippen LogP contribution is 2.36. The molecule has 0 saturated carbocycles. The van der Waals surface area contributed by atoms with Gasteiger partial charge in [0.2, 0.25) is 0 Å². The Morgan fingerprint density at radius 1 is 0.781 bits per heavy atom. The van der Waals surface area contributed by atoms with E-state index >= 15 is 0 Å². The van der Waals surface area contributed by atoms with Crippen molar-refractivity contribution in [1.82, 2.24) is 0 Å². The number of esters is 2. The molecule has 0 aromatic heterocycles. The number of unbranched alkanes of at least 4 members (excludes halogenated alkanes) is 2. The first-order valence-electron chi connectivity index (χ1n) is 26.3. The van der Waals surface area contributed by atoms with E-state index in [1.54, 1.807) is 33.8 Å². The van der Waals surface area contributed by atoms with Crippen molar-refractivity contribution in [3.05, 3.63) is 36.5 Å². The largest absolute Gasteiger partial charge is 0.481 e. The number of cyclic esters (lactones) is 1. The summed E-state index contributed by atoms with van der Waals surface area (Å²) in [6, 6.07) is 0. The molecule has 0 radical (unpaired) electrons. The Morgan fingerprint density at radius 2 is 1.42 bits per heavy atom. The molecule has 0 amide bonds. The molecule has 1 fully saturated rings. The molecule has 2 aliphatic rings. The van der Waals surface area contributed by atoms with Crippen molar-refractivity contribution in [2.75, 3.05) is 6.54 Å². The van der Waals surface area contributed by atoms with Crippen LogP contribution in [-0.2, 0) is 28.6 Å². The monoisotopic (exact) mass is 1040 g/mol. The molecule has 1 saturated heterocycles. The van der Waals surface area contributed by atoms with Gasteiger partial charge in [-0.2, -0.15) is 0 Å². The second-order valence-electron chi connectivity index (χ2n) is 21.4. The van der Waals surface area contributed by atoms with Gasteiger partial charge in [0.1, 0.15) is 24.7 Å². The third kappa shape index (κ3) is 24.3. The van der Waals surface area contributed by atoms with Crippen molar-refractivity contribution in [1.29, 1.82) is 0 Å². The number of hydrogen-bond donors (Lipinski definition) is 13. The number of allylic oxidation sites excluding steroid dienone is 2. The molecule has 0 aromatic carbocycles. The molecule has 0 aromatic rings. The Labute approximate surface area is 432 Å². The molecule has 422 valence electrons. The first kappa shape index (κ1) is 65.6. The van der Waals surface area contributed by atoms with Crippen molar-refractivity contribution in [2.24, 2.45) is 57.9 Å². The van der Waals surface area contributed by atoms with Crippen molar-refractivity contribution < 1.29 is 84.8 Å². The molecule has 2 rings (SSSR count). The van der Waals surface area contributed by atoms with E-state index in [0.717, 1.165) is 32.1 Å². The van der Waals surface area contributed by atoms with Crippen LogP contribution < -0.4 is 11.5 Å². The highest BCUT2D eigenvalue weighted by molar-refractivity contribution is 5.90. The molecule has 20 unspecified atom stereocenters. The third-order valence-electron chi connectivity index (χ3n) is 14.7. The van der Waals surface area contributed by atoms with Gasteiger partial charge in [0.15, 0.2) is 11.7 Å². The number of carboxylic acid groups (broad SMARTS) is 1. The fraction of sp³-hybridized carbons (Fsp3) is 0.811. The SMILES string of the molecule is CC(CCC/C=C/CCCN=C(N)N)CC(C)C1OC(=O)C=CC(C)C(O)CC(O)C(C)C(O)CCC(C)C(O)CC2(O)OC(CC(OC(=O)CC(=O)O)CC(O)CC(O)C(C)C(O)C=CC1C)CC(O)C2O. The summed E-state index contributed by atoms with van der Waals surface area (Å²) in [5, 5.41) is 121. The number of carbonyl (C=O) groups is 3. The normalized spacial score (nSPS) is 37.4. The van der Waals surface area contributed by atoms with Crippen LogP contribution in [0, 0.1) is 41.4 Å². The van der Waals surface area contributed by atoms with E-state index in [1.807, 2.05) is 13.8 Å². The zero-order valence-corrected chi connectivity index (χ0v) is 44.2. The van der Waals surface area contributed by atoms with E-state index < -0.39 is 139 Å². The number of aliphatic hydroxyl groups is 10. The average Bonchev–Trinajstić information content (AvgIpc) is 3.30. The number of rotatable bonds is 14. The Bertz CT molecular complexity index is 1750. The van der Waals surface area contributed by atoms with E-state index in [2.05, 4.69) is 24.1 Å². The predicted octanol–water partition coefficient (Wildman–Crippen LogP) is 2.49. The molecule has 20 heteroatoms. The minimum Gasteiger partial charge on any atom is -0.481 e. The second-order valence-corrected chi connectivity index (χ2v) is 21.4. The molecule has 20 atom stereocenters. The van der Waals surface area contributed by atoms with Gasteiger partial charge in [-0.05, 0) is 69.1 Å². The smallest absolute Gasteiger partial charge is 0.330 e. The Balaban J connectivity index is 2.42. The molecule has 2 heterocycles. The van der Waals surface area contributed by atoms with Gasteiger partial charge in [-0.1, -0.05) is 85.3 Å². The quantitative estimate of drug-likeness (QED) is 0.0297. The number of ether oxygens (including phenoxy) is 3.